The van der Waals surface area contributed by atoms with Gasteiger partial charge in [0.2, 0.25) is 0 Å². The third kappa shape index (κ3) is 4.07. The normalized spacial score (nSPS) is 12.3. The molecule has 0 bridgehead atoms. The van der Waals surface area contributed by atoms with Crippen LogP contribution in [0.5, 0.6) is 0 Å². The van der Waals surface area contributed by atoms with Gasteiger partial charge in [0, 0.05) is 0 Å². The fourth-order valence-corrected chi connectivity index (χ4v) is 0.257. The molecule has 0 aromatic rings. The van der Waals surface area contributed by atoms with E-state index in [2.05, 4.69) is 4.74 Å². The number of hydrogen-bond acceptors (Lipinski definition) is 5. The van der Waals surface area contributed by atoms with E-state index in [-0.39, 0.29) is 6.61 Å². The second-order valence-electron chi connectivity index (χ2n) is 1.55. The molecule has 6 nitrogen and oxygen atoms in total. The Balaban J connectivity index is 3.26. The Labute approximate surface area is 57.0 Å². The summed E-state index contributed by atoms with van der Waals surface area (Å²) in [5.41, 5.74) is 1.19. The molecule has 0 saturated heterocycles. The molecule has 0 heterocycles. The quantitative estimate of drug-likeness (QED) is 0.289. The highest BCUT2D eigenvalue weighted by Gasteiger charge is 2.05. The van der Waals surface area contributed by atoms with Crippen molar-refractivity contribution >= 4 is 6.09 Å². The van der Waals surface area contributed by atoms with Crippen LogP contribution in [-0.2, 0) is 4.74 Å². The van der Waals surface area contributed by atoms with Gasteiger partial charge in [-0.1, -0.05) is 0 Å². The molecule has 0 radical (unpaired) electrons. The molecule has 0 aliphatic rings. The highest BCUT2D eigenvalue weighted by molar-refractivity contribution is 5.65. The SMILES string of the molecule is O=C(NO)OCC(O)CO. The summed E-state index contributed by atoms with van der Waals surface area (Å²) in [6.45, 7) is -0.832. The van der Waals surface area contributed by atoms with Crippen molar-refractivity contribution in [3.8, 4) is 0 Å². The number of rotatable bonds is 3. The van der Waals surface area contributed by atoms with E-state index in [1.165, 1.54) is 5.48 Å². The van der Waals surface area contributed by atoms with Crippen LogP contribution in [-0.4, -0.2) is 40.8 Å². The Bertz CT molecular complexity index is 106. The molecule has 0 aliphatic carbocycles. The summed E-state index contributed by atoms with van der Waals surface area (Å²) in [6, 6.07) is 0. The van der Waals surface area contributed by atoms with Crippen LogP contribution in [0.1, 0.15) is 0 Å². The van der Waals surface area contributed by atoms with Gasteiger partial charge in [-0.2, -0.15) is 0 Å². The van der Waals surface area contributed by atoms with Crippen LogP contribution in [0.25, 0.3) is 0 Å². The van der Waals surface area contributed by atoms with E-state index in [0.29, 0.717) is 0 Å². The fraction of sp³-hybridized carbons (Fsp3) is 0.750. The number of amides is 1. The maximum absolute atomic E-state index is 10.1. The van der Waals surface area contributed by atoms with Crippen LogP contribution in [0.15, 0.2) is 0 Å². The van der Waals surface area contributed by atoms with E-state index >= 15 is 0 Å². The number of carbonyl (C=O) groups is 1. The summed E-state index contributed by atoms with van der Waals surface area (Å²) in [4.78, 5) is 10.1. The second kappa shape index (κ2) is 4.98. The van der Waals surface area contributed by atoms with Crippen LogP contribution < -0.4 is 5.48 Å². The average molecular weight is 151 g/mol. The van der Waals surface area contributed by atoms with Crippen molar-refractivity contribution in [2.75, 3.05) is 13.2 Å². The molecule has 1 unspecified atom stereocenters. The first-order valence-corrected chi connectivity index (χ1v) is 2.56. The molecule has 0 fully saturated rings. The Morgan fingerprint density at radius 1 is 1.70 bits per heavy atom. The highest BCUT2D eigenvalue weighted by Crippen LogP contribution is 1.83. The van der Waals surface area contributed by atoms with Gasteiger partial charge < -0.3 is 14.9 Å². The number of nitrogens with one attached hydrogen (secondary N) is 1. The van der Waals surface area contributed by atoms with Crippen molar-refractivity contribution in [2.24, 2.45) is 0 Å². The predicted molar refractivity (Wildman–Crippen MR) is 29.4 cm³/mol. The third-order valence-electron chi connectivity index (χ3n) is 0.709. The molecule has 1 atom stereocenters. The molecule has 10 heavy (non-hydrogen) atoms. The smallest absolute Gasteiger partial charge is 0.431 e. The van der Waals surface area contributed by atoms with Gasteiger partial charge in [0.05, 0.1) is 6.61 Å². The minimum atomic E-state index is -1.10. The summed E-state index contributed by atoms with van der Waals surface area (Å²) in [5, 5.41) is 24.6. The minimum absolute atomic E-state index is 0.344. The zero-order valence-corrected chi connectivity index (χ0v) is 5.15. The number of hydrogen-bond donors (Lipinski definition) is 4. The zero-order chi connectivity index (χ0) is 7.98. The minimum Gasteiger partial charge on any atom is -0.445 e. The van der Waals surface area contributed by atoms with Gasteiger partial charge in [-0.05, 0) is 0 Å². The number of hydroxylamine groups is 1. The largest absolute Gasteiger partial charge is 0.445 e. The lowest BCUT2D eigenvalue weighted by Crippen LogP contribution is -2.27. The van der Waals surface area contributed by atoms with Gasteiger partial charge in [0.25, 0.3) is 0 Å². The fourth-order valence-electron chi connectivity index (χ4n) is 0.257. The topological polar surface area (TPSA) is 99.0 Å². The van der Waals surface area contributed by atoms with Gasteiger partial charge in [-0.3, -0.25) is 5.21 Å². The lowest BCUT2D eigenvalue weighted by atomic mass is 10.4. The number of ether oxygens (including phenoxy) is 1. The first kappa shape index (κ1) is 9.15. The van der Waals surface area contributed by atoms with Crippen molar-refractivity contribution in [1.82, 2.24) is 5.48 Å². The monoisotopic (exact) mass is 151 g/mol. The predicted octanol–water partition coefficient (Wildman–Crippen LogP) is -1.55. The third-order valence-corrected chi connectivity index (χ3v) is 0.709. The highest BCUT2D eigenvalue weighted by atomic mass is 16.6. The molecule has 4 N–H and O–H groups in total. The lowest BCUT2D eigenvalue weighted by molar-refractivity contribution is 0.0192. The van der Waals surface area contributed by atoms with Gasteiger partial charge >= 0.3 is 6.09 Å². The van der Waals surface area contributed by atoms with E-state index in [9.17, 15) is 4.79 Å². The molecule has 0 saturated carbocycles. The Morgan fingerprint density at radius 3 is 2.70 bits per heavy atom. The Hall–Kier alpha value is -0.850. The molecule has 0 aromatic carbocycles. The maximum atomic E-state index is 10.1. The summed E-state index contributed by atoms with van der Waals surface area (Å²) in [7, 11) is 0. The van der Waals surface area contributed by atoms with Crippen LogP contribution in [0, 0.1) is 0 Å². The van der Waals surface area contributed by atoms with Gasteiger partial charge in [-0.15, -0.1) is 0 Å². The van der Waals surface area contributed by atoms with Crippen molar-refractivity contribution in [2.45, 2.75) is 6.10 Å². The molecule has 1 amide bonds. The molecule has 0 rings (SSSR count). The summed E-state index contributed by atoms with van der Waals surface area (Å²) >= 11 is 0. The van der Waals surface area contributed by atoms with E-state index in [1.807, 2.05) is 0 Å². The summed E-state index contributed by atoms with van der Waals surface area (Å²) in [6.07, 6.45) is -2.16. The van der Waals surface area contributed by atoms with Crippen LogP contribution in [0.3, 0.4) is 0 Å². The molecule has 6 heteroatoms. The molecule has 60 valence electrons. The van der Waals surface area contributed by atoms with E-state index in [4.69, 9.17) is 15.4 Å². The standard InChI is InChI=1S/C4H9NO5/c6-1-3(7)2-10-4(8)5-9/h3,6-7,9H,1-2H2,(H,5,8). The van der Waals surface area contributed by atoms with Crippen molar-refractivity contribution in [1.29, 1.82) is 0 Å². The maximum Gasteiger partial charge on any atom is 0.431 e. The number of carbonyl (C=O) groups excluding carboxylic acids is 1. The van der Waals surface area contributed by atoms with E-state index < -0.39 is 18.8 Å². The second-order valence-corrected chi connectivity index (χ2v) is 1.55. The number of aliphatic hydroxyl groups excluding tert-OH is 2. The van der Waals surface area contributed by atoms with E-state index in [0.717, 1.165) is 0 Å². The molecule has 0 aliphatic heterocycles. The van der Waals surface area contributed by atoms with Gasteiger partial charge in [0.1, 0.15) is 12.7 Å². The number of aliphatic hydroxyl groups is 2. The van der Waals surface area contributed by atoms with Gasteiger partial charge in [0.15, 0.2) is 0 Å². The Morgan fingerprint density at radius 2 is 2.30 bits per heavy atom. The summed E-state index contributed by atoms with van der Waals surface area (Å²) in [5.74, 6) is 0. The summed E-state index contributed by atoms with van der Waals surface area (Å²) < 4.78 is 4.13. The molecule has 0 aromatic heterocycles. The van der Waals surface area contributed by atoms with Crippen LogP contribution in [0.4, 0.5) is 4.79 Å². The van der Waals surface area contributed by atoms with Crippen LogP contribution >= 0.6 is 0 Å². The van der Waals surface area contributed by atoms with Crippen LogP contribution in [0.2, 0.25) is 0 Å². The van der Waals surface area contributed by atoms with E-state index in [1.54, 1.807) is 0 Å². The Kier molecular flexibility index (Phi) is 4.55. The zero-order valence-electron chi connectivity index (χ0n) is 5.15. The molecular weight excluding hydrogens is 142 g/mol. The first-order chi connectivity index (χ1) is 4.70. The first-order valence-electron chi connectivity index (χ1n) is 2.56. The van der Waals surface area contributed by atoms with Crippen molar-refractivity contribution < 1.29 is 25.0 Å². The molecule has 0 spiro atoms. The average Bonchev–Trinajstić information content (AvgIpc) is 1.99. The van der Waals surface area contributed by atoms with Crippen molar-refractivity contribution in [3.63, 3.8) is 0 Å². The molecular formula is C4H9NO5. The lowest BCUT2D eigenvalue weighted by Gasteiger charge is -2.06. The van der Waals surface area contributed by atoms with Crippen molar-refractivity contribution in [3.05, 3.63) is 0 Å². The van der Waals surface area contributed by atoms with Gasteiger partial charge in [-0.25, -0.2) is 10.3 Å².